The summed E-state index contributed by atoms with van der Waals surface area (Å²) >= 11 is 3.40. The molecule has 2 rings (SSSR count). The quantitative estimate of drug-likeness (QED) is 0.765. The number of benzene rings is 1. The molecule has 0 spiro atoms. The van der Waals surface area contributed by atoms with Crippen molar-refractivity contribution >= 4 is 31.7 Å². The lowest BCUT2D eigenvalue weighted by molar-refractivity contribution is 0.0915. The van der Waals surface area contributed by atoms with Crippen LogP contribution in [0.3, 0.4) is 0 Å². The van der Waals surface area contributed by atoms with Gasteiger partial charge in [-0.1, -0.05) is 6.92 Å². The van der Waals surface area contributed by atoms with Gasteiger partial charge in [0.05, 0.1) is 35.2 Å². The molecule has 1 fully saturated rings. The Hall–Kier alpha value is -1.28. The van der Waals surface area contributed by atoms with E-state index < -0.39 is 15.4 Å². The van der Waals surface area contributed by atoms with Crippen LogP contribution in [0, 0.1) is 0 Å². The summed E-state index contributed by atoms with van der Waals surface area (Å²) in [6.45, 7) is 4.29. The van der Waals surface area contributed by atoms with Gasteiger partial charge in [-0.05, 0) is 47.8 Å². The third kappa shape index (κ3) is 4.42. The lowest BCUT2D eigenvalue weighted by Crippen LogP contribution is -2.46. The Morgan fingerprint density at radius 1 is 1.42 bits per heavy atom. The number of halogens is 1. The molecular weight excluding hydrogens is 398 g/mol. The Kier molecular flexibility index (Phi) is 5.80. The first-order valence-corrected chi connectivity index (χ1v) is 10.3. The highest BCUT2D eigenvalue weighted by Crippen LogP contribution is 2.37. The van der Waals surface area contributed by atoms with E-state index in [9.17, 15) is 13.2 Å². The maximum Gasteiger partial charge on any atom is 0.251 e. The normalized spacial score (nSPS) is 22.2. The summed E-state index contributed by atoms with van der Waals surface area (Å²) in [6.07, 6.45) is 1.27. The number of rotatable bonds is 6. The summed E-state index contributed by atoms with van der Waals surface area (Å²) in [5, 5.41) is 2.83. The molecule has 6 nitrogen and oxygen atoms in total. The molecule has 1 aliphatic heterocycles. The second kappa shape index (κ2) is 7.31. The highest BCUT2D eigenvalue weighted by molar-refractivity contribution is 9.10. The van der Waals surface area contributed by atoms with Crippen LogP contribution in [0.15, 0.2) is 16.6 Å². The summed E-state index contributed by atoms with van der Waals surface area (Å²) in [5.74, 6) is 0.718. The summed E-state index contributed by atoms with van der Waals surface area (Å²) in [5.41, 5.74) is -0.361. The van der Waals surface area contributed by atoms with Crippen LogP contribution in [0.1, 0.15) is 37.0 Å². The van der Waals surface area contributed by atoms with Gasteiger partial charge in [-0.3, -0.25) is 4.79 Å². The maximum atomic E-state index is 12.5. The fraction of sp³-hybridized carbons (Fsp3) is 0.562. The molecule has 1 saturated heterocycles. The van der Waals surface area contributed by atoms with Gasteiger partial charge >= 0.3 is 0 Å². The average Bonchev–Trinajstić information content (AvgIpc) is 2.78. The minimum absolute atomic E-state index is 0.0399. The smallest absolute Gasteiger partial charge is 0.251 e. The SMILES string of the molecule is CCCOc1c(Br)cc(C(=O)NC2(C)CCS(=O)(=O)C2)cc1OC. The highest BCUT2D eigenvalue weighted by atomic mass is 79.9. The van der Waals surface area contributed by atoms with Crippen molar-refractivity contribution in [2.45, 2.75) is 32.2 Å². The third-order valence-electron chi connectivity index (χ3n) is 3.86. The van der Waals surface area contributed by atoms with Crippen LogP contribution in [0.5, 0.6) is 11.5 Å². The van der Waals surface area contributed by atoms with E-state index in [2.05, 4.69) is 21.2 Å². The predicted octanol–water partition coefficient (Wildman–Crippen LogP) is 2.55. The predicted molar refractivity (Wildman–Crippen MR) is 95.6 cm³/mol. The van der Waals surface area contributed by atoms with Crippen LogP contribution in [-0.2, 0) is 9.84 Å². The van der Waals surface area contributed by atoms with Crippen molar-refractivity contribution < 1.29 is 22.7 Å². The number of carbonyl (C=O) groups is 1. The van der Waals surface area contributed by atoms with E-state index in [-0.39, 0.29) is 17.4 Å². The lowest BCUT2D eigenvalue weighted by atomic mass is 10.0. The van der Waals surface area contributed by atoms with Crippen molar-refractivity contribution in [1.29, 1.82) is 0 Å². The van der Waals surface area contributed by atoms with Gasteiger partial charge in [-0.25, -0.2) is 8.42 Å². The molecule has 8 heteroatoms. The number of hydrogen-bond donors (Lipinski definition) is 1. The van der Waals surface area contributed by atoms with Crippen LogP contribution in [-0.4, -0.2) is 45.1 Å². The van der Waals surface area contributed by atoms with Crippen LogP contribution in [0.4, 0.5) is 0 Å². The maximum absolute atomic E-state index is 12.5. The second-order valence-corrected chi connectivity index (χ2v) is 9.23. The Morgan fingerprint density at radius 3 is 2.67 bits per heavy atom. The fourth-order valence-electron chi connectivity index (χ4n) is 2.65. The summed E-state index contributed by atoms with van der Waals surface area (Å²) < 4.78 is 34.9. The van der Waals surface area contributed by atoms with Crippen LogP contribution >= 0.6 is 15.9 Å². The van der Waals surface area contributed by atoms with Crippen LogP contribution in [0.2, 0.25) is 0 Å². The number of carbonyl (C=O) groups excluding carboxylic acids is 1. The van der Waals surface area contributed by atoms with Gasteiger partial charge in [0.1, 0.15) is 0 Å². The fourth-order valence-corrected chi connectivity index (χ4v) is 5.30. The number of ether oxygens (including phenoxy) is 2. The van der Waals surface area contributed by atoms with Gasteiger partial charge in [0.2, 0.25) is 0 Å². The minimum Gasteiger partial charge on any atom is -0.493 e. The molecule has 0 saturated carbocycles. The first-order chi connectivity index (χ1) is 11.2. The van der Waals surface area contributed by atoms with E-state index >= 15 is 0 Å². The number of methoxy groups -OCH3 is 1. The largest absolute Gasteiger partial charge is 0.493 e. The molecule has 1 heterocycles. The molecule has 1 aromatic rings. The van der Waals surface area contributed by atoms with Crippen molar-refractivity contribution in [2.24, 2.45) is 0 Å². The zero-order valence-electron chi connectivity index (χ0n) is 14.0. The van der Waals surface area contributed by atoms with Crippen molar-refractivity contribution in [3.05, 3.63) is 22.2 Å². The Balaban J connectivity index is 2.22. The van der Waals surface area contributed by atoms with Gasteiger partial charge in [0.25, 0.3) is 5.91 Å². The van der Waals surface area contributed by atoms with Gasteiger partial charge in [0, 0.05) is 5.56 Å². The standard InChI is InChI=1S/C16H22BrNO5S/c1-4-6-23-14-12(17)8-11(9-13(14)22-3)15(19)18-16(2)5-7-24(20,21)10-16/h8-9H,4-7,10H2,1-3H3,(H,18,19). The molecule has 1 unspecified atom stereocenters. The van der Waals surface area contributed by atoms with Gasteiger partial charge in [-0.15, -0.1) is 0 Å². The van der Waals surface area contributed by atoms with Crippen molar-refractivity contribution in [3.63, 3.8) is 0 Å². The van der Waals surface area contributed by atoms with Gasteiger partial charge in [-0.2, -0.15) is 0 Å². The molecule has 0 radical (unpaired) electrons. The first kappa shape index (κ1) is 19.1. The topological polar surface area (TPSA) is 81.7 Å². The Bertz CT molecular complexity index is 734. The summed E-state index contributed by atoms with van der Waals surface area (Å²) in [7, 11) is -1.58. The molecule has 0 aliphatic carbocycles. The van der Waals surface area contributed by atoms with Crippen molar-refractivity contribution in [2.75, 3.05) is 25.2 Å². The zero-order valence-corrected chi connectivity index (χ0v) is 16.4. The van der Waals surface area contributed by atoms with Crippen LogP contribution < -0.4 is 14.8 Å². The lowest BCUT2D eigenvalue weighted by Gasteiger charge is -2.24. The Labute approximate surface area is 151 Å². The molecule has 1 aromatic carbocycles. The van der Waals surface area contributed by atoms with E-state index in [4.69, 9.17) is 9.47 Å². The Morgan fingerprint density at radius 2 is 2.12 bits per heavy atom. The first-order valence-electron chi connectivity index (χ1n) is 7.73. The molecule has 24 heavy (non-hydrogen) atoms. The average molecular weight is 420 g/mol. The van der Waals surface area contributed by atoms with Crippen molar-refractivity contribution in [3.8, 4) is 11.5 Å². The molecule has 1 amide bonds. The third-order valence-corrected chi connectivity index (χ3v) is 6.35. The van der Waals surface area contributed by atoms with Gasteiger partial charge < -0.3 is 14.8 Å². The number of amides is 1. The molecule has 0 aromatic heterocycles. The molecule has 1 N–H and O–H groups in total. The van der Waals surface area contributed by atoms with Crippen molar-refractivity contribution in [1.82, 2.24) is 5.32 Å². The van der Waals surface area contributed by atoms with E-state index in [1.807, 2.05) is 6.92 Å². The van der Waals surface area contributed by atoms with E-state index in [1.54, 1.807) is 19.1 Å². The summed E-state index contributed by atoms with van der Waals surface area (Å²) in [6, 6.07) is 3.24. The summed E-state index contributed by atoms with van der Waals surface area (Å²) in [4.78, 5) is 12.5. The molecule has 1 aliphatic rings. The highest BCUT2D eigenvalue weighted by Gasteiger charge is 2.39. The molecule has 1 atom stereocenters. The van der Waals surface area contributed by atoms with E-state index in [0.29, 0.717) is 34.6 Å². The molecule has 134 valence electrons. The second-order valence-electron chi connectivity index (χ2n) is 6.19. The van der Waals surface area contributed by atoms with E-state index in [0.717, 1.165) is 6.42 Å². The molecular formula is C16H22BrNO5S. The minimum atomic E-state index is -3.09. The van der Waals surface area contributed by atoms with Crippen LogP contribution in [0.25, 0.3) is 0 Å². The van der Waals surface area contributed by atoms with E-state index in [1.165, 1.54) is 7.11 Å². The van der Waals surface area contributed by atoms with Gasteiger partial charge in [0.15, 0.2) is 21.3 Å². The molecule has 0 bridgehead atoms. The number of sulfone groups is 1. The zero-order chi connectivity index (χ0) is 18.0. The number of nitrogens with one attached hydrogen (secondary N) is 1. The number of hydrogen-bond acceptors (Lipinski definition) is 5. The monoisotopic (exact) mass is 419 g/mol.